The first kappa shape index (κ1) is 18.3. The van der Waals surface area contributed by atoms with Gasteiger partial charge in [0.05, 0.1) is 11.7 Å². The zero-order valence-corrected chi connectivity index (χ0v) is 15.4. The molecule has 1 aromatic carbocycles. The number of amides is 2. The largest absolute Gasteiger partial charge is 0.377 e. The highest BCUT2D eigenvalue weighted by Crippen LogP contribution is 2.26. The van der Waals surface area contributed by atoms with Crippen LogP contribution in [0, 0.1) is 0 Å². The molecule has 0 bridgehead atoms. The van der Waals surface area contributed by atoms with Crippen LogP contribution in [0.15, 0.2) is 29.2 Å². The smallest absolute Gasteiger partial charge is 0.252 e. The Morgan fingerprint density at radius 2 is 2.00 bits per heavy atom. The maximum Gasteiger partial charge on any atom is 0.252 e. The normalized spacial score (nSPS) is 20.0. The molecule has 2 fully saturated rings. The first-order chi connectivity index (χ1) is 12.2. The van der Waals surface area contributed by atoms with Gasteiger partial charge in [-0.3, -0.25) is 9.59 Å². The predicted molar refractivity (Wildman–Crippen MR) is 98.9 cm³/mol. The van der Waals surface area contributed by atoms with Gasteiger partial charge in [0, 0.05) is 43.3 Å². The monoisotopic (exact) mass is 362 g/mol. The van der Waals surface area contributed by atoms with E-state index in [1.54, 1.807) is 11.8 Å². The standard InChI is InChI=1S/C19H26N2O3S/c22-18(21-11-3-4-12-21)9-10-20-19(23)16-7-1-2-8-17(16)25-14-15-6-5-13-24-15/h1-2,7-8,15H,3-6,9-14H2,(H,20,23). The maximum atomic E-state index is 12.5. The highest BCUT2D eigenvalue weighted by molar-refractivity contribution is 7.99. The molecule has 0 spiro atoms. The first-order valence-corrected chi connectivity index (χ1v) is 10.1. The predicted octanol–water partition coefficient (Wildman–Crippen LogP) is 2.70. The highest BCUT2D eigenvalue weighted by atomic mass is 32.2. The van der Waals surface area contributed by atoms with Crippen molar-refractivity contribution in [3.63, 3.8) is 0 Å². The molecule has 1 unspecified atom stereocenters. The van der Waals surface area contributed by atoms with Gasteiger partial charge in [-0.1, -0.05) is 12.1 Å². The second-order valence-corrected chi connectivity index (χ2v) is 7.60. The summed E-state index contributed by atoms with van der Waals surface area (Å²) in [6.07, 6.45) is 5.06. The van der Waals surface area contributed by atoms with Crippen molar-refractivity contribution in [2.24, 2.45) is 0 Å². The number of likely N-dealkylation sites (tertiary alicyclic amines) is 1. The van der Waals surface area contributed by atoms with E-state index >= 15 is 0 Å². The summed E-state index contributed by atoms with van der Waals surface area (Å²) < 4.78 is 5.65. The number of carbonyl (C=O) groups excluding carboxylic acids is 2. The van der Waals surface area contributed by atoms with Gasteiger partial charge in [-0.2, -0.15) is 0 Å². The van der Waals surface area contributed by atoms with Crippen LogP contribution in [0.25, 0.3) is 0 Å². The molecule has 2 aliphatic rings. The SMILES string of the molecule is O=C(NCCC(=O)N1CCCC1)c1ccccc1SCC1CCCO1. The second kappa shape index (κ2) is 9.25. The van der Waals surface area contributed by atoms with Crippen molar-refractivity contribution in [2.75, 3.05) is 32.0 Å². The Labute approximate surface area is 153 Å². The molecule has 0 aliphatic carbocycles. The quantitative estimate of drug-likeness (QED) is 0.758. The molecule has 2 heterocycles. The Balaban J connectivity index is 1.48. The van der Waals surface area contributed by atoms with Crippen LogP contribution >= 0.6 is 11.8 Å². The molecule has 0 radical (unpaired) electrons. The molecule has 0 aromatic heterocycles. The summed E-state index contributed by atoms with van der Waals surface area (Å²) in [5, 5.41) is 2.89. The summed E-state index contributed by atoms with van der Waals surface area (Å²) in [7, 11) is 0. The average molecular weight is 362 g/mol. The van der Waals surface area contributed by atoms with Crippen LogP contribution in [0.2, 0.25) is 0 Å². The van der Waals surface area contributed by atoms with Gasteiger partial charge in [-0.15, -0.1) is 11.8 Å². The second-order valence-electron chi connectivity index (χ2n) is 6.54. The summed E-state index contributed by atoms with van der Waals surface area (Å²) >= 11 is 1.67. The topological polar surface area (TPSA) is 58.6 Å². The van der Waals surface area contributed by atoms with Crippen LogP contribution in [0.3, 0.4) is 0 Å². The van der Waals surface area contributed by atoms with Crippen LogP contribution in [0.5, 0.6) is 0 Å². The number of rotatable bonds is 7. The number of hydrogen-bond acceptors (Lipinski definition) is 4. The molecule has 1 atom stereocenters. The van der Waals surface area contributed by atoms with Crippen molar-refractivity contribution < 1.29 is 14.3 Å². The van der Waals surface area contributed by atoms with Crippen LogP contribution in [-0.2, 0) is 9.53 Å². The average Bonchev–Trinajstić information content (AvgIpc) is 3.33. The first-order valence-electron chi connectivity index (χ1n) is 9.13. The van der Waals surface area contributed by atoms with Crippen LogP contribution in [-0.4, -0.2) is 54.8 Å². The van der Waals surface area contributed by atoms with Gasteiger partial charge >= 0.3 is 0 Å². The van der Waals surface area contributed by atoms with Crippen molar-refractivity contribution in [1.82, 2.24) is 10.2 Å². The van der Waals surface area contributed by atoms with E-state index < -0.39 is 0 Å². The molecule has 3 rings (SSSR count). The van der Waals surface area contributed by atoms with E-state index in [9.17, 15) is 9.59 Å². The van der Waals surface area contributed by atoms with Gasteiger partial charge < -0.3 is 15.0 Å². The molecule has 6 heteroatoms. The fraction of sp³-hybridized carbons (Fsp3) is 0.579. The van der Waals surface area contributed by atoms with Gasteiger partial charge in [0.25, 0.3) is 5.91 Å². The number of hydrogen-bond donors (Lipinski definition) is 1. The third-order valence-electron chi connectivity index (χ3n) is 4.66. The van der Waals surface area contributed by atoms with Gasteiger partial charge in [0.2, 0.25) is 5.91 Å². The van der Waals surface area contributed by atoms with Crippen molar-refractivity contribution in [3.05, 3.63) is 29.8 Å². The fourth-order valence-electron chi connectivity index (χ4n) is 3.24. The van der Waals surface area contributed by atoms with Gasteiger partial charge in [0.1, 0.15) is 0 Å². The fourth-order valence-corrected chi connectivity index (χ4v) is 4.36. The Bertz CT molecular complexity index is 596. The third kappa shape index (κ3) is 5.22. The molecule has 2 amide bonds. The minimum Gasteiger partial charge on any atom is -0.377 e. The summed E-state index contributed by atoms with van der Waals surface area (Å²) in [4.78, 5) is 27.4. The molecule has 0 saturated carbocycles. The molecule has 1 N–H and O–H groups in total. The van der Waals surface area contributed by atoms with Gasteiger partial charge in [0.15, 0.2) is 0 Å². The number of thioether (sulfide) groups is 1. The number of nitrogens with zero attached hydrogens (tertiary/aromatic N) is 1. The molecule has 2 saturated heterocycles. The Morgan fingerprint density at radius 1 is 1.20 bits per heavy atom. The van der Waals surface area contributed by atoms with E-state index in [4.69, 9.17) is 4.74 Å². The molecular weight excluding hydrogens is 336 g/mol. The van der Waals surface area contributed by atoms with Gasteiger partial charge in [-0.05, 0) is 37.8 Å². The van der Waals surface area contributed by atoms with Gasteiger partial charge in [-0.25, -0.2) is 0 Å². The number of nitrogens with one attached hydrogen (secondary N) is 1. The lowest BCUT2D eigenvalue weighted by atomic mass is 10.2. The molecule has 25 heavy (non-hydrogen) atoms. The van der Waals surface area contributed by atoms with Crippen molar-refractivity contribution in [1.29, 1.82) is 0 Å². The zero-order chi connectivity index (χ0) is 17.5. The Morgan fingerprint density at radius 3 is 2.76 bits per heavy atom. The summed E-state index contributed by atoms with van der Waals surface area (Å²) in [5.74, 6) is 0.904. The Hall–Kier alpha value is -1.53. The van der Waals surface area contributed by atoms with E-state index in [0.717, 1.165) is 56.0 Å². The highest BCUT2D eigenvalue weighted by Gasteiger charge is 2.19. The maximum absolute atomic E-state index is 12.5. The van der Waals surface area contributed by atoms with Crippen LogP contribution < -0.4 is 5.32 Å². The minimum atomic E-state index is -0.107. The summed E-state index contributed by atoms with van der Waals surface area (Å²) in [6, 6.07) is 7.64. The van der Waals surface area contributed by atoms with E-state index in [1.807, 2.05) is 29.2 Å². The lowest BCUT2D eigenvalue weighted by Gasteiger charge is -2.15. The third-order valence-corrected chi connectivity index (χ3v) is 5.87. The van der Waals surface area contributed by atoms with Crippen molar-refractivity contribution in [2.45, 2.75) is 43.1 Å². The summed E-state index contributed by atoms with van der Waals surface area (Å²) in [5.41, 5.74) is 0.680. The Kier molecular flexibility index (Phi) is 6.76. The van der Waals surface area contributed by atoms with Crippen LogP contribution in [0.4, 0.5) is 0 Å². The van der Waals surface area contributed by atoms with Crippen molar-refractivity contribution in [3.8, 4) is 0 Å². The lowest BCUT2D eigenvalue weighted by Crippen LogP contribution is -2.32. The lowest BCUT2D eigenvalue weighted by molar-refractivity contribution is -0.129. The molecular formula is C19H26N2O3S. The molecule has 1 aromatic rings. The zero-order valence-electron chi connectivity index (χ0n) is 14.5. The van der Waals surface area contributed by atoms with Crippen molar-refractivity contribution >= 4 is 23.6 Å². The molecule has 2 aliphatic heterocycles. The molecule has 136 valence electrons. The van der Waals surface area contributed by atoms with Crippen LogP contribution in [0.1, 0.15) is 42.5 Å². The minimum absolute atomic E-state index is 0.107. The summed E-state index contributed by atoms with van der Waals surface area (Å²) in [6.45, 7) is 2.95. The van der Waals surface area contributed by atoms with E-state index in [-0.39, 0.29) is 11.8 Å². The van der Waals surface area contributed by atoms with E-state index in [1.165, 1.54) is 0 Å². The number of benzene rings is 1. The molecule has 5 nitrogen and oxygen atoms in total. The number of ether oxygens (including phenoxy) is 1. The number of carbonyl (C=O) groups is 2. The van der Waals surface area contributed by atoms with E-state index in [2.05, 4.69) is 5.32 Å². The van der Waals surface area contributed by atoms with E-state index in [0.29, 0.717) is 24.6 Å².